The molecule has 0 aromatic heterocycles. The summed E-state index contributed by atoms with van der Waals surface area (Å²) in [6.07, 6.45) is 0. The van der Waals surface area contributed by atoms with Crippen LogP contribution in [0.4, 0.5) is 0 Å². The summed E-state index contributed by atoms with van der Waals surface area (Å²) in [6, 6.07) is 7.66. The molecule has 2 N–H and O–H groups in total. The summed E-state index contributed by atoms with van der Waals surface area (Å²) in [7, 11) is 3.46. The normalized spacial score (nSPS) is 12.5. The van der Waals surface area contributed by atoms with Gasteiger partial charge in [-0.3, -0.25) is 0 Å². The lowest BCUT2D eigenvalue weighted by molar-refractivity contribution is 0.251. The number of rotatable bonds is 4. The van der Waals surface area contributed by atoms with Gasteiger partial charge >= 0.3 is 0 Å². The van der Waals surface area contributed by atoms with Gasteiger partial charge in [-0.25, -0.2) is 0 Å². The Morgan fingerprint density at radius 1 is 1.38 bits per heavy atom. The van der Waals surface area contributed by atoms with Crippen LogP contribution in [0.1, 0.15) is 11.6 Å². The molecule has 0 saturated carbocycles. The molecule has 0 bridgehead atoms. The highest BCUT2D eigenvalue weighted by Crippen LogP contribution is 2.16. The molecule has 1 unspecified atom stereocenters. The number of hydrogen-bond donors (Lipinski definition) is 2. The summed E-state index contributed by atoms with van der Waals surface area (Å²) in [5.41, 5.74) is 1.06. The molecule has 1 aromatic carbocycles. The van der Waals surface area contributed by atoms with E-state index in [2.05, 4.69) is 5.32 Å². The standard InChI is InChI=1S/C10H15NO2/c1-11-10(7-12)8-3-5-9(13-2)6-4-8/h3-6,10-12H,7H2,1-2H3. The van der Waals surface area contributed by atoms with E-state index < -0.39 is 0 Å². The highest BCUT2D eigenvalue weighted by Gasteiger charge is 2.06. The van der Waals surface area contributed by atoms with Crippen LogP contribution < -0.4 is 10.1 Å². The molecule has 13 heavy (non-hydrogen) atoms. The van der Waals surface area contributed by atoms with Crippen LogP contribution in [0, 0.1) is 0 Å². The van der Waals surface area contributed by atoms with Crippen molar-refractivity contribution in [3.63, 3.8) is 0 Å². The lowest BCUT2D eigenvalue weighted by Crippen LogP contribution is -2.19. The Balaban J connectivity index is 2.78. The van der Waals surface area contributed by atoms with Gasteiger partial charge in [0.25, 0.3) is 0 Å². The highest BCUT2D eigenvalue weighted by atomic mass is 16.5. The summed E-state index contributed by atoms with van der Waals surface area (Å²) in [5.74, 6) is 0.830. The fraction of sp³-hybridized carbons (Fsp3) is 0.400. The summed E-state index contributed by atoms with van der Waals surface area (Å²) in [4.78, 5) is 0. The second kappa shape index (κ2) is 4.84. The van der Waals surface area contributed by atoms with Crippen molar-refractivity contribution in [1.82, 2.24) is 5.32 Å². The minimum Gasteiger partial charge on any atom is -0.497 e. The number of nitrogens with one attached hydrogen (secondary N) is 1. The van der Waals surface area contributed by atoms with Crippen molar-refractivity contribution in [2.45, 2.75) is 6.04 Å². The molecule has 0 spiro atoms. The van der Waals surface area contributed by atoms with Crippen LogP contribution in [-0.2, 0) is 0 Å². The number of likely N-dealkylation sites (N-methyl/N-ethyl adjacent to an activating group) is 1. The molecule has 1 rings (SSSR count). The van der Waals surface area contributed by atoms with Crippen molar-refractivity contribution < 1.29 is 9.84 Å². The van der Waals surface area contributed by atoms with Gasteiger partial charge in [0, 0.05) is 0 Å². The molecule has 72 valence electrons. The zero-order valence-corrected chi connectivity index (χ0v) is 7.95. The third kappa shape index (κ3) is 2.44. The molecule has 0 aliphatic carbocycles. The van der Waals surface area contributed by atoms with Gasteiger partial charge in [0.1, 0.15) is 5.75 Å². The van der Waals surface area contributed by atoms with E-state index >= 15 is 0 Å². The van der Waals surface area contributed by atoms with Crippen molar-refractivity contribution in [2.24, 2.45) is 0 Å². The van der Waals surface area contributed by atoms with Crippen LogP contribution in [0.5, 0.6) is 5.75 Å². The van der Waals surface area contributed by atoms with Gasteiger partial charge in [0.15, 0.2) is 0 Å². The lowest BCUT2D eigenvalue weighted by Gasteiger charge is -2.13. The van der Waals surface area contributed by atoms with Crippen molar-refractivity contribution in [3.8, 4) is 5.75 Å². The highest BCUT2D eigenvalue weighted by molar-refractivity contribution is 5.29. The first-order valence-corrected chi connectivity index (χ1v) is 4.24. The molecular weight excluding hydrogens is 166 g/mol. The zero-order chi connectivity index (χ0) is 9.68. The van der Waals surface area contributed by atoms with Crippen molar-refractivity contribution >= 4 is 0 Å². The number of hydrogen-bond acceptors (Lipinski definition) is 3. The van der Waals surface area contributed by atoms with Crippen LogP contribution in [0.25, 0.3) is 0 Å². The number of methoxy groups -OCH3 is 1. The van der Waals surface area contributed by atoms with Crippen LogP contribution in [-0.4, -0.2) is 25.9 Å². The van der Waals surface area contributed by atoms with Crippen LogP contribution in [0.3, 0.4) is 0 Å². The molecule has 3 nitrogen and oxygen atoms in total. The molecule has 0 heterocycles. The lowest BCUT2D eigenvalue weighted by atomic mass is 10.1. The van der Waals surface area contributed by atoms with Gasteiger partial charge in [-0.05, 0) is 24.7 Å². The van der Waals surface area contributed by atoms with Crippen molar-refractivity contribution in [3.05, 3.63) is 29.8 Å². The maximum Gasteiger partial charge on any atom is 0.118 e. The van der Waals surface area contributed by atoms with Crippen molar-refractivity contribution in [2.75, 3.05) is 20.8 Å². The van der Waals surface area contributed by atoms with Crippen molar-refractivity contribution in [1.29, 1.82) is 0 Å². The van der Waals surface area contributed by atoms with Gasteiger partial charge < -0.3 is 15.2 Å². The Kier molecular flexibility index (Phi) is 3.73. The van der Waals surface area contributed by atoms with E-state index in [0.717, 1.165) is 11.3 Å². The molecule has 0 radical (unpaired) electrons. The van der Waals surface area contributed by atoms with E-state index in [1.807, 2.05) is 31.3 Å². The monoisotopic (exact) mass is 181 g/mol. The smallest absolute Gasteiger partial charge is 0.118 e. The minimum atomic E-state index is 0.00547. The van der Waals surface area contributed by atoms with Gasteiger partial charge in [0.2, 0.25) is 0 Å². The van der Waals surface area contributed by atoms with E-state index in [1.54, 1.807) is 7.11 Å². The second-order valence-corrected chi connectivity index (χ2v) is 2.80. The summed E-state index contributed by atoms with van der Waals surface area (Å²) >= 11 is 0. The number of aliphatic hydroxyl groups excluding tert-OH is 1. The first-order valence-electron chi connectivity index (χ1n) is 4.24. The van der Waals surface area contributed by atoms with E-state index in [9.17, 15) is 0 Å². The second-order valence-electron chi connectivity index (χ2n) is 2.80. The summed E-state index contributed by atoms with van der Waals surface area (Å²) < 4.78 is 5.03. The minimum absolute atomic E-state index is 0.00547. The molecule has 0 amide bonds. The predicted molar refractivity (Wildman–Crippen MR) is 51.9 cm³/mol. The van der Waals surface area contributed by atoms with Gasteiger partial charge in [-0.15, -0.1) is 0 Å². The Labute approximate surface area is 78.3 Å². The van der Waals surface area contributed by atoms with E-state index in [0.29, 0.717) is 0 Å². The third-order valence-corrected chi connectivity index (χ3v) is 2.05. The van der Waals surface area contributed by atoms with Crippen LogP contribution in [0.15, 0.2) is 24.3 Å². The Bertz CT molecular complexity index is 242. The quantitative estimate of drug-likeness (QED) is 0.726. The Morgan fingerprint density at radius 3 is 2.38 bits per heavy atom. The summed E-state index contributed by atoms with van der Waals surface area (Å²) in [6.45, 7) is 0.100. The molecule has 0 aliphatic heterocycles. The molecular formula is C10H15NO2. The topological polar surface area (TPSA) is 41.5 Å². The van der Waals surface area contributed by atoms with Gasteiger partial charge in [-0.1, -0.05) is 12.1 Å². The molecule has 0 saturated heterocycles. The molecule has 1 atom stereocenters. The molecule has 0 aliphatic rings. The van der Waals surface area contributed by atoms with E-state index in [1.165, 1.54) is 0 Å². The maximum absolute atomic E-state index is 9.01. The number of aliphatic hydroxyl groups is 1. The first kappa shape index (κ1) is 10.0. The number of ether oxygens (including phenoxy) is 1. The van der Waals surface area contributed by atoms with Gasteiger partial charge in [0.05, 0.1) is 19.8 Å². The predicted octanol–water partition coefficient (Wildman–Crippen LogP) is 0.948. The molecule has 1 aromatic rings. The SMILES string of the molecule is CNC(CO)c1ccc(OC)cc1. The average Bonchev–Trinajstić information content (AvgIpc) is 2.21. The third-order valence-electron chi connectivity index (χ3n) is 2.05. The average molecular weight is 181 g/mol. The first-order chi connectivity index (χ1) is 6.31. The number of benzene rings is 1. The van der Waals surface area contributed by atoms with Crippen LogP contribution >= 0.6 is 0 Å². The van der Waals surface area contributed by atoms with Crippen LogP contribution in [0.2, 0.25) is 0 Å². The summed E-state index contributed by atoms with van der Waals surface area (Å²) in [5, 5.41) is 12.0. The zero-order valence-electron chi connectivity index (χ0n) is 7.95. The van der Waals surface area contributed by atoms with E-state index in [4.69, 9.17) is 9.84 Å². The fourth-order valence-electron chi connectivity index (χ4n) is 1.20. The Morgan fingerprint density at radius 2 is 2.00 bits per heavy atom. The van der Waals surface area contributed by atoms with Gasteiger partial charge in [-0.2, -0.15) is 0 Å². The Hall–Kier alpha value is -1.06. The largest absolute Gasteiger partial charge is 0.497 e. The molecule has 0 fully saturated rings. The molecule has 3 heteroatoms. The maximum atomic E-state index is 9.01. The van der Waals surface area contributed by atoms with E-state index in [-0.39, 0.29) is 12.6 Å². The fourth-order valence-corrected chi connectivity index (χ4v) is 1.20.